The Morgan fingerprint density at radius 2 is 1.80 bits per heavy atom. The zero-order chi connectivity index (χ0) is 18.7. The zero-order valence-electron chi connectivity index (χ0n) is 15.0. The molecular formula is C19H21NO5. The van der Waals surface area contributed by atoms with E-state index in [2.05, 4.69) is 0 Å². The normalized spacial score (nSPS) is 10.4. The molecule has 0 heterocycles. The first kappa shape index (κ1) is 18.4. The molecule has 0 saturated heterocycles. The van der Waals surface area contributed by atoms with E-state index in [4.69, 9.17) is 9.47 Å². The summed E-state index contributed by atoms with van der Waals surface area (Å²) in [7, 11) is 1.48. The molecule has 0 aliphatic rings. The van der Waals surface area contributed by atoms with Crippen LogP contribution in [-0.4, -0.2) is 17.8 Å². The SMILES string of the molecule is COc1ccc([N+](=O)[O-])cc1OCc1c(C)cc(C)c(C(C)=O)c1C. The fourth-order valence-electron chi connectivity index (χ4n) is 3.03. The Morgan fingerprint density at radius 1 is 1.12 bits per heavy atom. The summed E-state index contributed by atoms with van der Waals surface area (Å²) in [5, 5.41) is 11.0. The van der Waals surface area contributed by atoms with Crippen molar-refractivity contribution in [1.29, 1.82) is 0 Å². The standard InChI is InChI=1S/C19H21NO5/c1-11-8-12(2)19(14(4)21)13(3)16(11)10-25-18-9-15(20(22)23)6-7-17(18)24-5/h6-9H,10H2,1-5H3. The smallest absolute Gasteiger partial charge is 0.273 e. The number of hydrogen-bond donors (Lipinski definition) is 0. The fraction of sp³-hybridized carbons (Fsp3) is 0.316. The highest BCUT2D eigenvalue weighted by Crippen LogP contribution is 2.32. The van der Waals surface area contributed by atoms with Crippen LogP contribution in [0.25, 0.3) is 0 Å². The number of nitro groups is 1. The van der Waals surface area contributed by atoms with Crippen molar-refractivity contribution in [3.8, 4) is 11.5 Å². The zero-order valence-corrected chi connectivity index (χ0v) is 15.0. The predicted molar refractivity (Wildman–Crippen MR) is 94.6 cm³/mol. The largest absolute Gasteiger partial charge is 0.493 e. The number of ketones is 1. The van der Waals surface area contributed by atoms with E-state index < -0.39 is 4.92 Å². The Balaban J connectivity index is 2.39. The summed E-state index contributed by atoms with van der Waals surface area (Å²) in [4.78, 5) is 22.4. The van der Waals surface area contributed by atoms with Gasteiger partial charge in [-0.1, -0.05) is 6.07 Å². The van der Waals surface area contributed by atoms with Gasteiger partial charge in [0.15, 0.2) is 17.3 Å². The number of nitro benzene ring substituents is 1. The van der Waals surface area contributed by atoms with Crippen molar-refractivity contribution < 1.29 is 19.2 Å². The molecule has 0 aromatic heterocycles. The molecule has 2 rings (SSSR count). The van der Waals surface area contributed by atoms with Gasteiger partial charge in [0.1, 0.15) is 6.61 Å². The van der Waals surface area contributed by atoms with Gasteiger partial charge in [0.05, 0.1) is 18.1 Å². The lowest BCUT2D eigenvalue weighted by molar-refractivity contribution is -0.385. The van der Waals surface area contributed by atoms with Crippen molar-refractivity contribution in [1.82, 2.24) is 0 Å². The lowest BCUT2D eigenvalue weighted by Gasteiger charge is -2.17. The number of methoxy groups -OCH3 is 1. The number of nitrogens with zero attached hydrogens (tertiary/aromatic N) is 1. The Labute approximate surface area is 146 Å². The van der Waals surface area contributed by atoms with Crippen molar-refractivity contribution in [2.75, 3.05) is 7.11 Å². The quantitative estimate of drug-likeness (QED) is 0.443. The summed E-state index contributed by atoms with van der Waals surface area (Å²) >= 11 is 0. The molecule has 0 fully saturated rings. The Hall–Kier alpha value is -2.89. The highest BCUT2D eigenvalue weighted by Gasteiger charge is 2.17. The summed E-state index contributed by atoms with van der Waals surface area (Å²) < 4.78 is 11.0. The maximum atomic E-state index is 11.9. The molecule has 0 aliphatic heterocycles. The van der Waals surface area contributed by atoms with Gasteiger partial charge in [0.2, 0.25) is 0 Å². The summed E-state index contributed by atoms with van der Waals surface area (Å²) in [6, 6.07) is 6.15. The summed E-state index contributed by atoms with van der Waals surface area (Å²) in [5.74, 6) is 0.712. The summed E-state index contributed by atoms with van der Waals surface area (Å²) in [6.45, 7) is 7.48. The minimum absolute atomic E-state index is 0.00387. The van der Waals surface area contributed by atoms with Crippen LogP contribution in [0.4, 0.5) is 5.69 Å². The number of hydrogen-bond acceptors (Lipinski definition) is 5. The van der Waals surface area contributed by atoms with E-state index >= 15 is 0 Å². The van der Waals surface area contributed by atoms with E-state index in [0.29, 0.717) is 17.1 Å². The number of carbonyl (C=O) groups excluding carboxylic acids is 1. The molecule has 0 N–H and O–H groups in total. The van der Waals surface area contributed by atoms with Gasteiger partial charge < -0.3 is 9.47 Å². The van der Waals surface area contributed by atoms with Crippen LogP contribution in [0.2, 0.25) is 0 Å². The van der Waals surface area contributed by atoms with E-state index in [1.54, 1.807) is 6.92 Å². The predicted octanol–water partition coefficient (Wildman–Crippen LogP) is 4.31. The van der Waals surface area contributed by atoms with Crippen LogP contribution in [0.1, 0.15) is 39.5 Å². The van der Waals surface area contributed by atoms with Crippen LogP contribution < -0.4 is 9.47 Å². The third-order valence-electron chi connectivity index (χ3n) is 4.21. The van der Waals surface area contributed by atoms with Crippen LogP contribution in [0, 0.1) is 30.9 Å². The monoisotopic (exact) mass is 343 g/mol. The van der Waals surface area contributed by atoms with Crippen LogP contribution in [0.3, 0.4) is 0 Å². The molecule has 0 radical (unpaired) electrons. The number of benzene rings is 2. The second kappa shape index (κ2) is 7.34. The third-order valence-corrected chi connectivity index (χ3v) is 4.21. The third kappa shape index (κ3) is 3.79. The first-order valence-electron chi connectivity index (χ1n) is 7.82. The number of non-ortho nitro benzene ring substituents is 1. The first-order valence-corrected chi connectivity index (χ1v) is 7.82. The molecule has 6 nitrogen and oxygen atoms in total. The minimum atomic E-state index is -0.484. The van der Waals surface area contributed by atoms with Gasteiger partial charge in [-0.15, -0.1) is 0 Å². The molecule has 132 valence electrons. The van der Waals surface area contributed by atoms with E-state index in [0.717, 1.165) is 22.3 Å². The molecule has 25 heavy (non-hydrogen) atoms. The van der Waals surface area contributed by atoms with Crippen molar-refractivity contribution in [3.63, 3.8) is 0 Å². The van der Waals surface area contributed by atoms with Crippen molar-refractivity contribution in [2.24, 2.45) is 0 Å². The number of rotatable bonds is 6. The summed E-state index contributed by atoms with van der Waals surface area (Å²) in [5.41, 5.74) is 4.31. The Morgan fingerprint density at radius 3 is 2.36 bits per heavy atom. The minimum Gasteiger partial charge on any atom is -0.493 e. The van der Waals surface area contributed by atoms with Gasteiger partial charge in [0, 0.05) is 11.6 Å². The highest BCUT2D eigenvalue weighted by molar-refractivity contribution is 5.97. The molecule has 0 amide bonds. The molecule has 0 saturated carbocycles. The van der Waals surface area contributed by atoms with Crippen LogP contribution >= 0.6 is 0 Å². The molecule has 2 aromatic carbocycles. The molecular weight excluding hydrogens is 322 g/mol. The number of aryl methyl sites for hydroxylation is 2. The van der Waals surface area contributed by atoms with Crippen molar-refractivity contribution in [3.05, 3.63) is 62.2 Å². The van der Waals surface area contributed by atoms with Crippen LogP contribution in [0.5, 0.6) is 11.5 Å². The molecule has 0 atom stereocenters. The number of carbonyl (C=O) groups is 1. The van der Waals surface area contributed by atoms with Gasteiger partial charge in [-0.2, -0.15) is 0 Å². The van der Waals surface area contributed by atoms with E-state index in [1.165, 1.54) is 25.3 Å². The first-order chi connectivity index (χ1) is 11.8. The van der Waals surface area contributed by atoms with E-state index in [9.17, 15) is 14.9 Å². The maximum Gasteiger partial charge on any atom is 0.273 e. The van der Waals surface area contributed by atoms with Crippen LogP contribution in [-0.2, 0) is 6.61 Å². The highest BCUT2D eigenvalue weighted by atomic mass is 16.6. The second-order valence-electron chi connectivity index (χ2n) is 5.93. The van der Waals surface area contributed by atoms with Gasteiger partial charge in [-0.3, -0.25) is 14.9 Å². The average Bonchev–Trinajstić information content (AvgIpc) is 2.53. The molecule has 6 heteroatoms. The second-order valence-corrected chi connectivity index (χ2v) is 5.93. The van der Waals surface area contributed by atoms with E-state index in [1.807, 2.05) is 26.8 Å². The maximum absolute atomic E-state index is 11.9. The number of Topliss-reactive ketones (excluding diaryl/α,β-unsaturated/α-hetero) is 1. The van der Waals surface area contributed by atoms with Crippen molar-refractivity contribution in [2.45, 2.75) is 34.3 Å². The van der Waals surface area contributed by atoms with Gasteiger partial charge in [-0.05, 0) is 56.0 Å². The molecule has 0 aliphatic carbocycles. The molecule has 2 aromatic rings. The molecule has 0 spiro atoms. The van der Waals surface area contributed by atoms with Crippen molar-refractivity contribution >= 4 is 11.5 Å². The van der Waals surface area contributed by atoms with E-state index in [-0.39, 0.29) is 18.1 Å². The topological polar surface area (TPSA) is 78.7 Å². The van der Waals surface area contributed by atoms with Crippen LogP contribution in [0.15, 0.2) is 24.3 Å². The Bertz CT molecular complexity index is 842. The Kier molecular flexibility index (Phi) is 5.41. The van der Waals surface area contributed by atoms with Gasteiger partial charge in [-0.25, -0.2) is 0 Å². The average molecular weight is 343 g/mol. The van der Waals surface area contributed by atoms with Gasteiger partial charge >= 0.3 is 0 Å². The molecule has 0 unspecified atom stereocenters. The lowest BCUT2D eigenvalue weighted by atomic mass is 9.92. The lowest BCUT2D eigenvalue weighted by Crippen LogP contribution is -2.08. The van der Waals surface area contributed by atoms with Gasteiger partial charge in [0.25, 0.3) is 5.69 Å². The number of ether oxygens (including phenoxy) is 2. The molecule has 0 bridgehead atoms. The summed E-state index contributed by atoms with van der Waals surface area (Å²) in [6.07, 6.45) is 0. The fourth-order valence-corrected chi connectivity index (χ4v) is 3.03.